The number of β-amino-alcohol motifs (C(OH)–C–C–N with tert-alkyl or cyclic N) is 1. The number of amides is 1. The van der Waals surface area contributed by atoms with Crippen LogP contribution in [0.3, 0.4) is 0 Å². The van der Waals surface area contributed by atoms with Gasteiger partial charge in [-0.3, -0.25) is 4.79 Å². The van der Waals surface area contributed by atoms with Crippen molar-refractivity contribution in [3.05, 3.63) is 0 Å². The average Bonchev–Trinajstić information content (AvgIpc) is 2.47. The molecule has 2 aliphatic rings. The van der Waals surface area contributed by atoms with Gasteiger partial charge in [-0.15, -0.1) is 0 Å². The van der Waals surface area contributed by atoms with Crippen molar-refractivity contribution in [3.8, 4) is 0 Å². The molecule has 2 heterocycles. The molecule has 2 rings (SSSR count). The molecule has 0 aromatic carbocycles. The van der Waals surface area contributed by atoms with Gasteiger partial charge in [0.05, 0.1) is 12.5 Å². The molecule has 2 fully saturated rings. The van der Waals surface area contributed by atoms with Gasteiger partial charge < -0.3 is 15.3 Å². The van der Waals surface area contributed by atoms with E-state index in [9.17, 15) is 9.90 Å². The molecule has 0 saturated carbocycles. The Balaban J connectivity index is 1.95. The zero-order chi connectivity index (χ0) is 9.26. The monoisotopic (exact) mass is 184 g/mol. The van der Waals surface area contributed by atoms with Gasteiger partial charge in [0.1, 0.15) is 0 Å². The number of carbonyl (C=O) groups excluding carboxylic acids is 1. The van der Waals surface area contributed by atoms with Gasteiger partial charge in [0.2, 0.25) is 5.91 Å². The smallest absolute Gasteiger partial charge is 0.225 e. The number of piperidine rings is 1. The van der Waals surface area contributed by atoms with Crippen LogP contribution in [0.15, 0.2) is 0 Å². The Morgan fingerprint density at radius 3 is 2.62 bits per heavy atom. The first-order valence-corrected chi connectivity index (χ1v) is 4.95. The first-order chi connectivity index (χ1) is 6.27. The Bertz CT molecular complexity index is 202. The number of carbonyl (C=O) groups is 1. The third-order valence-corrected chi connectivity index (χ3v) is 2.89. The number of rotatable bonds is 1. The molecule has 2 saturated heterocycles. The highest BCUT2D eigenvalue weighted by Crippen LogP contribution is 2.19. The number of hydrogen-bond donors (Lipinski definition) is 2. The molecule has 0 aromatic rings. The van der Waals surface area contributed by atoms with Gasteiger partial charge in [0.25, 0.3) is 0 Å². The SMILES string of the molecule is O=C1CC(O)CN1C1CCNCC1. The second-order valence-electron chi connectivity index (χ2n) is 3.89. The normalized spacial score (nSPS) is 31.3. The van der Waals surface area contributed by atoms with Crippen molar-refractivity contribution in [1.29, 1.82) is 0 Å². The predicted molar refractivity (Wildman–Crippen MR) is 48.2 cm³/mol. The Morgan fingerprint density at radius 1 is 1.38 bits per heavy atom. The van der Waals surface area contributed by atoms with E-state index in [4.69, 9.17) is 0 Å². The maximum Gasteiger partial charge on any atom is 0.225 e. The number of hydrogen-bond acceptors (Lipinski definition) is 3. The lowest BCUT2D eigenvalue weighted by Crippen LogP contribution is -2.44. The fourth-order valence-corrected chi connectivity index (χ4v) is 2.18. The maximum atomic E-state index is 11.4. The lowest BCUT2D eigenvalue weighted by molar-refractivity contribution is -0.130. The van der Waals surface area contributed by atoms with Gasteiger partial charge in [-0.25, -0.2) is 0 Å². The second-order valence-corrected chi connectivity index (χ2v) is 3.89. The van der Waals surface area contributed by atoms with Crippen LogP contribution in [0, 0.1) is 0 Å². The fraction of sp³-hybridized carbons (Fsp3) is 0.889. The predicted octanol–water partition coefficient (Wildman–Crippen LogP) is -0.668. The molecular weight excluding hydrogens is 168 g/mol. The molecule has 1 amide bonds. The molecule has 1 atom stereocenters. The third-order valence-electron chi connectivity index (χ3n) is 2.89. The van der Waals surface area contributed by atoms with Crippen LogP contribution in [0.25, 0.3) is 0 Å². The average molecular weight is 184 g/mol. The summed E-state index contributed by atoms with van der Waals surface area (Å²) in [6.07, 6.45) is 1.95. The van der Waals surface area contributed by atoms with Gasteiger partial charge in [-0.1, -0.05) is 0 Å². The topological polar surface area (TPSA) is 52.6 Å². The van der Waals surface area contributed by atoms with E-state index in [0.29, 0.717) is 19.0 Å². The van der Waals surface area contributed by atoms with Crippen molar-refractivity contribution in [2.24, 2.45) is 0 Å². The fourth-order valence-electron chi connectivity index (χ4n) is 2.18. The first kappa shape index (κ1) is 8.97. The Labute approximate surface area is 77.9 Å². The van der Waals surface area contributed by atoms with Crippen molar-refractivity contribution in [3.63, 3.8) is 0 Å². The summed E-state index contributed by atoms with van der Waals surface area (Å²) in [6, 6.07) is 0.367. The van der Waals surface area contributed by atoms with Crippen LogP contribution in [0.4, 0.5) is 0 Å². The van der Waals surface area contributed by atoms with Gasteiger partial charge in [-0.2, -0.15) is 0 Å². The van der Waals surface area contributed by atoms with Gasteiger partial charge in [0.15, 0.2) is 0 Å². The quantitative estimate of drug-likeness (QED) is 0.568. The minimum atomic E-state index is -0.428. The summed E-state index contributed by atoms with van der Waals surface area (Å²) >= 11 is 0. The van der Waals surface area contributed by atoms with Crippen LogP contribution in [0.2, 0.25) is 0 Å². The van der Waals surface area contributed by atoms with Crippen LogP contribution >= 0.6 is 0 Å². The van der Waals surface area contributed by atoms with E-state index in [0.717, 1.165) is 25.9 Å². The highest BCUT2D eigenvalue weighted by atomic mass is 16.3. The van der Waals surface area contributed by atoms with Crippen molar-refractivity contribution in [2.75, 3.05) is 19.6 Å². The van der Waals surface area contributed by atoms with Crippen molar-refractivity contribution in [2.45, 2.75) is 31.4 Å². The largest absolute Gasteiger partial charge is 0.391 e. The molecule has 1 unspecified atom stereocenters. The summed E-state index contributed by atoms with van der Waals surface area (Å²) in [7, 11) is 0. The highest BCUT2D eigenvalue weighted by Gasteiger charge is 2.33. The Morgan fingerprint density at radius 2 is 2.08 bits per heavy atom. The van der Waals surface area contributed by atoms with E-state index < -0.39 is 6.10 Å². The van der Waals surface area contributed by atoms with E-state index in [-0.39, 0.29) is 5.91 Å². The van der Waals surface area contributed by atoms with Crippen LogP contribution < -0.4 is 5.32 Å². The number of aliphatic hydroxyl groups excluding tert-OH is 1. The number of likely N-dealkylation sites (tertiary alicyclic amines) is 1. The number of aliphatic hydroxyl groups is 1. The molecule has 2 N–H and O–H groups in total. The minimum Gasteiger partial charge on any atom is -0.391 e. The first-order valence-electron chi connectivity index (χ1n) is 4.95. The van der Waals surface area contributed by atoms with Gasteiger partial charge >= 0.3 is 0 Å². The molecule has 4 nitrogen and oxygen atoms in total. The van der Waals surface area contributed by atoms with Crippen LogP contribution in [-0.2, 0) is 4.79 Å². The highest BCUT2D eigenvalue weighted by molar-refractivity contribution is 5.79. The number of nitrogens with one attached hydrogen (secondary N) is 1. The van der Waals surface area contributed by atoms with E-state index in [1.54, 1.807) is 0 Å². The van der Waals surface area contributed by atoms with E-state index in [1.807, 2.05) is 4.90 Å². The second kappa shape index (κ2) is 3.64. The van der Waals surface area contributed by atoms with Crippen molar-refractivity contribution < 1.29 is 9.90 Å². The minimum absolute atomic E-state index is 0.124. The molecule has 0 bridgehead atoms. The summed E-state index contributed by atoms with van der Waals surface area (Å²) in [6.45, 7) is 2.53. The molecule has 0 aliphatic carbocycles. The van der Waals surface area contributed by atoms with Crippen LogP contribution in [0.5, 0.6) is 0 Å². The Kier molecular flexibility index (Phi) is 2.51. The molecule has 2 aliphatic heterocycles. The number of nitrogens with zero attached hydrogens (tertiary/aromatic N) is 1. The Hall–Kier alpha value is -0.610. The van der Waals surface area contributed by atoms with Crippen molar-refractivity contribution in [1.82, 2.24) is 10.2 Å². The molecule has 4 heteroatoms. The molecule has 0 spiro atoms. The third kappa shape index (κ3) is 1.84. The van der Waals surface area contributed by atoms with Crippen LogP contribution in [0.1, 0.15) is 19.3 Å². The zero-order valence-electron chi connectivity index (χ0n) is 7.70. The summed E-state index contributed by atoms with van der Waals surface area (Å²) in [5.74, 6) is 0.124. The summed E-state index contributed by atoms with van der Waals surface area (Å²) in [4.78, 5) is 13.3. The van der Waals surface area contributed by atoms with Gasteiger partial charge in [0, 0.05) is 12.6 Å². The van der Waals surface area contributed by atoms with Crippen LogP contribution in [-0.4, -0.2) is 47.7 Å². The van der Waals surface area contributed by atoms with E-state index >= 15 is 0 Å². The summed E-state index contributed by atoms with van der Waals surface area (Å²) in [5, 5.41) is 12.6. The lowest BCUT2D eigenvalue weighted by Gasteiger charge is -2.31. The maximum absolute atomic E-state index is 11.4. The molecule has 74 valence electrons. The molecule has 0 radical (unpaired) electrons. The molecular formula is C9H16N2O2. The molecule has 13 heavy (non-hydrogen) atoms. The van der Waals surface area contributed by atoms with E-state index in [1.165, 1.54) is 0 Å². The van der Waals surface area contributed by atoms with Crippen molar-refractivity contribution >= 4 is 5.91 Å². The molecule has 0 aromatic heterocycles. The lowest BCUT2D eigenvalue weighted by atomic mass is 10.1. The van der Waals surface area contributed by atoms with E-state index in [2.05, 4.69) is 5.32 Å². The van der Waals surface area contributed by atoms with Gasteiger partial charge in [-0.05, 0) is 25.9 Å². The summed E-state index contributed by atoms with van der Waals surface area (Å²) in [5.41, 5.74) is 0. The standard InChI is InChI=1S/C9H16N2O2/c12-8-5-9(13)11(6-8)7-1-3-10-4-2-7/h7-8,10,12H,1-6H2. The summed E-state index contributed by atoms with van der Waals surface area (Å²) < 4.78 is 0. The zero-order valence-corrected chi connectivity index (χ0v) is 7.70.